The van der Waals surface area contributed by atoms with Gasteiger partial charge in [0.1, 0.15) is 0 Å². The lowest BCUT2D eigenvalue weighted by atomic mass is 10.0. The fourth-order valence-electron chi connectivity index (χ4n) is 1.25. The molecule has 86 valence electrons. The van der Waals surface area contributed by atoms with Crippen molar-refractivity contribution in [3.8, 4) is 0 Å². The minimum Gasteiger partial charge on any atom is -0.195 e. The van der Waals surface area contributed by atoms with E-state index in [0.29, 0.717) is 0 Å². The molecule has 1 rings (SSSR count). The highest BCUT2D eigenvalue weighted by Gasteiger charge is 1.95. The van der Waals surface area contributed by atoms with Crippen LogP contribution in [0.1, 0.15) is 22.3 Å². The van der Waals surface area contributed by atoms with E-state index in [9.17, 15) is 0 Å². The molecule has 0 saturated carbocycles. The molecule has 0 fully saturated rings. The van der Waals surface area contributed by atoms with Crippen LogP contribution in [0.25, 0.3) is 0 Å². The molecule has 2 nitrogen and oxygen atoms in total. The van der Waals surface area contributed by atoms with Gasteiger partial charge in [-0.15, -0.1) is 0 Å². The van der Waals surface area contributed by atoms with E-state index < -0.39 is 8.26 Å². The van der Waals surface area contributed by atoms with E-state index in [2.05, 4.69) is 61.2 Å². The quantitative estimate of drug-likeness (QED) is 0.674. The Morgan fingerprint density at radius 1 is 0.933 bits per heavy atom. The lowest BCUT2D eigenvalue weighted by molar-refractivity contribution is 0.621. The molecule has 0 amide bonds. The normalized spacial score (nSPS) is 10.5. The zero-order valence-electron chi connectivity index (χ0n) is 9.14. The predicted octanol–water partition coefficient (Wildman–Crippen LogP) is 3.63. The largest absolute Gasteiger partial charge is 0.317 e. The summed E-state index contributed by atoms with van der Waals surface area (Å²) in [7, 11) is 4.81. The maximum Gasteiger partial charge on any atom is 0.317 e. The van der Waals surface area contributed by atoms with Gasteiger partial charge in [-0.05, 0) is 44.4 Å². The standard InChI is InChI=1S/C10H14.Cl2O2S/c1-7-5-8(2)10(4)9(3)6-7;1-5(2,3)4/h5-6H,1-4H3;. The molecule has 0 aliphatic heterocycles. The van der Waals surface area contributed by atoms with Gasteiger partial charge < -0.3 is 0 Å². The highest BCUT2D eigenvalue weighted by molar-refractivity contribution is 8.31. The Labute approximate surface area is 100 Å². The molecular weight excluding hydrogens is 255 g/mol. The van der Waals surface area contributed by atoms with E-state index in [0.717, 1.165) is 0 Å². The molecule has 0 spiro atoms. The van der Waals surface area contributed by atoms with Crippen LogP contribution < -0.4 is 0 Å². The van der Waals surface area contributed by atoms with Crippen LogP contribution in [0, 0.1) is 27.7 Å². The van der Waals surface area contributed by atoms with Crippen LogP contribution in [0.15, 0.2) is 12.1 Å². The molecule has 0 N–H and O–H groups in total. The van der Waals surface area contributed by atoms with E-state index in [4.69, 9.17) is 8.42 Å². The number of hydrogen-bond acceptors (Lipinski definition) is 2. The monoisotopic (exact) mass is 268 g/mol. The highest BCUT2D eigenvalue weighted by atomic mass is 36.0. The van der Waals surface area contributed by atoms with Crippen molar-refractivity contribution >= 4 is 29.6 Å². The average Bonchev–Trinajstić information content (AvgIpc) is 1.96. The molecule has 5 heteroatoms. The lowest BCUT2D eigenvalue weighted by Gasteiger charge is -2.04. The Kier molecular flexibility index (Phi) is 5.63. The van der Waals surface area contributed by atoms with Gasteiger partial charge in [0, 0.05) is 21.4 Å². The van der Waals surface area contributed by atoms with Crippen molar-refractivity contribution in [1.29, 1.82) is 0 Å². The van der Waals surface area contributed by atoms with Crippen molar-refractivity contribution < 1.29 is 8.42 Å². The van der Waals surface area contributed by atoms with Crippen LogP contribution >= 0.6 is 21.4 Å². The summed E-state index contributed by atoms with van der Waals surface area (Å²) >= 11 is 0. The van der Waals surface area contributed by atoms with E-state index >= 15 is 0 Å². The van der Waals surface area contributed by atoms with E-state index in [-0.39, 0.29) is 0 Å². The molecule has 0 unspecified atom stereocenters. The zero-order valence-corrected chi connectivity index (χ0v) is 11.5. The minimum absolute atomic E-state index is 1.36. The smallest absolute Gasteiger partial charge is 0.195 e. The zero-order chi connectivity index (χ0) is 12.2. The van der Waals surface area contributed by atoms with Crippen molar-refractivity contribution in [1.82, 2.24) is 0 Å². The third-order valence-electron chi connectivity index (χ3n) is 2.07. The Morgan fingerprint density at radius 3 is 1.47 bits per heavy atom. The Balaban J connectivity index is 0.000000336. The van der Waals surface area contributed by atoms with Gasteiger partial charge >= 0.3 is 8.26 Å². The third kappa shape index (κ3) is 7.65. The van der Waals surface area contributed by atoms with Crippen molar-refractivity contribution in [3.05, 3.63) is 34.4 Å². The molecule has 0 saturated heterocycles. The van der Waals surface area contributed by atoms with Gasteiger partial charge in [0.15, 0.2) is 0 Å². The van der Waals surface area contributed by atoms with E-state index in [1.165, 1.54) is 22.3 Å². The number of benzene rings is 1. The van der Waals surface area contributed by atoms with Gasteiger partial charge in [0.25, 0.3) is 0 Å². The molecule has 1 aromatic rings. The van der Waals surface area contributed by atoms with Crippen LogP contribution in [0.3, 0.4) is 0 Å². The summed E-state index contributed by atoms with van der Waals surface area (Å²) in [6, 6.07) is 4.45. The SMILES string of the molecule is Cc1cc(C)c(C)c(C)c1.O=S(=O)(Cl)Cl. The van der Waals surface area contributed by atoms with Crippen LogP contribution in [-0.2, 0) is 8.26 Å². The van der Waals surface area contributed by atoms with Crippen molar-refractivity contribution in [2.45, 2.75) is 27.7 Å². The molecule has 0 aliphatic rings. The van der Waals surface area contributed by atoms with Crippen molar-refractivity contribution in [2.75, 3.05) is 0 Å². The Hall–Kier alpha value is -0.250. The second-order valence-corrected chi connectivity index (χ2v) is 7.07. The maximum atomic E-state index is 9.16. The molecule has 15 heavy (non-hydrogen) atoms. The Morgan fingerprint density at radius 2 is 1.20 bits per heavy atom. The number of hydrogen-bond donors (Lipinski definition) is 0. The van der Waals surface area contributed by atoms with Crippen LogP contribution in [0.2, 0.25) is 0 Å². The Bertz CT molecular complexity index is 408. The van der Waals surface area contributed by atoms with Crippen molar-refractivity contribution in [3.63, 3.8) is 0 Å². The minimum atomic E-state index is -3.72. The molecule has 0 aliphatic carbocycles. The van der Waals surface area contributed by atoms with Gasteiger partial charge in [-0.2, -0.15) is 8.42 Å². The first kappa shape index (κ1) is 14.8. The number of halogens is 2. The molecule has 0 heterocycles. The lowest BCUT2D eigenvalue weighted by Crippen LogP contribution is -1.86. The molecule has 0 radical (unpaired) electrons. The van der Waals surface area contributed by atoms with Gasteiger partial charge in [0.2, 0.25) is 0 Å². The summed E-state index contributed by atoms with van der Waals surface area (Å²) in [6.07, 6.45) is 0. The summed E-state index contributed by atoms with van der Waals surface area (Å²) in [5, 5.41) is 0. The summed E-state index contributed by atoms with van der Waals surface area (Å²) < 4.78 is 18.3. The summed E-state index contributed by atoms with van der Waals surface area (Å²) in [4.78, 5) is 0. The molecule has 0 aromatic heterocycles. The van der Waals surface area contributed by atoms with E-state index in [1.807, 2.05) is 0 Å². The first-order valence-electron chi connectivity index (χ1n) is 4.30. The predicted molar refractivity (Wildman–Crippen MR) is 66.0 cm³/mol. The summed E-state index contributed by atoms with van der Waals surface area (Å²) in [6.45, 7) is 8.63. The van der Waals surface area contributed by atoms with Crippen molar-refractivity contribution in [2.24, 2.45) is 0 Å². The fourth-order valence-corrected chi connectivity index (χ4v) is 1.25. The molecule has 0 atom stereocenters. The van der Waals surface area contributed by atoms with Gasteiger partial charge in [-0.25, -0.2) is 0 Å². The summed E-state index contributed by atoms with van der Waals surface area (Å²) in [5.41, 5.74) is 5.58. The second-order valence-electron chi connectivity index (χ2n) is 3.40. The molecule has 0 bridgehead atoms. The first-order chi connectivity index (χ1) is 6.61. The molecule has 1 aromatic carbocycles. The average molecular weight is 269 g/mol. The number of aryl methyl sites for hydroxylation is 3. The van der Waals surface area contributed by atoms with Gasteiger partial charge in [-0.1, -0.05) is 17.7 Å². The van der Waals surface area contributed by atoms with Crippen LogP contribution in [0.4, 0.5) is 0 Å². The second kappa shape index (κ2) is 5.73. The highest BCUT2D eigenvalue weighted by Crippen LogP contribution is 2.13. The van der Waals surface area contributed by atoms with Gasteiger partial charge in [0.05, 0.1) is 0 Å². The topological polar surface area (TPSA) is 34.1 Å². The van der Waals surface area contributed by atoms with Crippen LogP contribution in [0.5, 0.6) is 0 Å². The first-order valence-corrected chi connectivity index (χ1v) is 7.43. The van der Waals surface area contributed by atoms with E-state index in [1.54, 1.807) is 0 Å². The fraction of sp³-hybridized carbons (Fsp3) is 0.400. The molecular formula is C10H14Cl2O2S. The third-order valence-corrected chi connectivity index (χ3v) is 2.07. The maximum absolute atomic E-state index is 9.16. The van der Waals surface area contributed by atoms with Gasteiger partial charge in [-0.3, -0.25) is 0 Å². The summed E-state index contributed by atoms with van der Waals surface area (Å²) in [5.74, 6) is 0. The van der Waals surface area contributed by atoms with Crippen LogP contribution in [-0.4, -0.2) is 8.42 Å². The number of rotatable bonds is 0.